The van der Waals surface area contributed by atoms with Gasteiger partial charge in [0.05, 0.1) is 10.2 Å². The third-order valence-electron chi connectivity index (χ3n) is 3.17. The van der Waals surface area contributed by atoms with Crippen LogP contribution in [0.2, 0.25) is 0 Å². The van der Waals surface area contributed by atoms with Crippen LogP contribution in [0.5, 0.6) is 5.75 Å². The predicted octanol–water partition coefficient (Wildman–Crippen LogP) is 5.38. The van der Waals surface area contributed by atoms with E-state index in [1.165, 1.54) is 11.1 Å². The van der Waals surface area contributed by atoms with Gasteiger partial charge >= 0.3 is 0 Å². The van der Waals surface area contributed by atoms with Crippen LogP contribution in [0, 0.1) is 13.8 Å². The molecule has 0 atom stereocenters. The molecule has 0 aliphatic heterocycles. The highest BCUT2D eigenvalue weighted by Crippen LogP contribution is 2.26. The summed E-state index contributed by atoms with van der Waals surface area (Å²) in [6, 6.07) is 12.1. The minimum atomic E-state index is 0.495. The van der Waals surface area contributed by atoms with E-state index in [0.29, 0.717) is 6.61 Å². The van der Waals surface area contributed by atoms with E-state index < -0.39 is 0 Å². The van der Waals surface area contributed by atoms with Gasteiger partial charge in [-0.25, -0.2) is 0 Å². The molecular weight excluding hydrogens is 326 g/mol. The Morgan fingerprint density at radius 3 is 2.62 bits per heavy atom. The highest BCUT2D eigenvalue weighted by atomic mass is 79.9. The molecule has 0 unspecified atom stereocenters. The molecule has 2 nitrogen and oxygen atoms in total. The summed E-state index contributed by atoms with van der Waals surface area (Å²) in [5, 5.41) is 0. The molecule has 2 aromatic rings. The number of aliphatic imine (C=N–C) groups is 1. The minimum Gasteiger partial charge on any atom is -0.488 e. The van der Waals surface area contributed by atoms with Crippen molar-refractivity contribution < 1.29 is 4.74 Å². The second-order valence-corrected chi connectivity index (χ2v) is 5.67. The lowest BCUT2D eigenvalue weighted by atomic mass is 10.1. The maximum Gasteiger partial charge on any atom is 0.133 e. The van der Waals surface area contributed by atoms with Crippen molar-refractivity contribution in [3.8, 4) is 5.75 Å². The number of halogens is 1. The molecule has 0 aliphatic rings. The molecule has 0 bridgehead atoms. The van der Waals surface area contributed by atoms with Crippen LogP contribution in [0.1, 0.15) is 16.7 Å². The van der Waals surface area contributed by atoms with Crippen molar-refractivity contribution in [1.82, 2.24) is 0 Å². The third kappa shape index (κ3) is 4.30. The first kappa shape index (κ1) is 15.5. The number of hydrogen-bond donors (Lipinski definition) is 0. The second kappa shape index (κ2) is 7.23. The minimum absolute atomic E-state index is 0.495. The van der Waals surface area contributed by atoms with Crippen molar-refractivity contribution >= 4 is 27.8 Å². The number of aryl methyl sites for hydroxylation is 2. The Balaban J connectivity index is 2.15. The first-order chi connectivity index (χ1) is 10.1. The normalized spacial score (nSPS) is 10.8. The van der Waals surface area contributed by atoms with Gasteiger partial charge < -0.3 is 4.74 Å². The van der Waals surface area contributed by atoms with E-state index in [9.17, 15) is 0 Å². The van der Waals surface area contributed by atoms with Crippen LogP contribution in [0.4, 0.5) is 5.69 Å². The molecule has 0 heterocycles. The molecule has 0 spiro atoms. The summed E-state index contributed by atoms with van der Waals surface area (Å²) in [5.74, 6) is 0.804. The number of rotatable bonds is 5. The summed E-state index contributed by atoms with van der Waals surface area (Å²) < 4.78 is 6.43. The predicted molar refractivity (Wildman–Crippen MR) is 93.0 cm³/mol. The first-order valence-electron chi connectivity index (χ1n) is 6.74. The third-order valence-corrected chi connectivity index (χ3v) is 3.79. The fourth-order valence-electron chi connectivity index (χ4n) is 1.82. The molecule has 108 valence electrons. The van der Waals surface area contributed by atoms with Gasteiger partial charge in [-0.05, 0) is 76.8 Å². The van der Waals surface area contributed by atoms with Gasteiger partial charge in [-0.1, -0.05) is 18.7 Å². The monoisotopic (exact) mass is 343 g/mol. The maximum absolute atomic E-state index is 5.52. The van der Waals surface area contributed by atoms with E-state index in [-0.39, 0.29) is 0 Å². The van der Waals surface area contributed by atoms with E-state index in [4.69, 9.17) is 4.74 Å². The van der Waals surface area contributed by atoms with Gasteiger partial charge in [-0.2, -0.15) is 0 Å². The molecule has 0 aliphatic carbocycles. The maximum atomic E-state index is 5.52. The second-order valence-electron chi connectivity index (χ2n) is 4.82. The molecule has 0 radical (unpaired) electrons. The molecule has 0 saturated heterocycles. The zero-order chi connectivity index (χ0) is 15.2. The summed E-state index contributed by atoms with van der Waals surface area (Å²) >= 11 is 3.50. The van der Waals surface area contributed by atoms with Crippen LogP contribution in [0.15, 0.2) is 58.5 Å². The Morgan fingerprint density at radius 1 is 1.14 bits per heavy atom. The fourth-order valence-corrected chi connectivity index (χ4v) is 2.33. The van der Waals surface area contributed by atoms with Gasteiger partial charge in [0.25, 0.3) is 0 Å². The average Bonchev–Trinajstić information content (AvgIpc) is 2.47. The molecule has 0 N–H and O–H groups in total. The Kier molecular flexibility index (Phi) is 5.34. The van der Waals surface area contributed by atoms with Crippen LogP contribution in [-0.4, -0.2) is 12.8 Å². The van der Waals surface area contributed by atoms with Crippen molar-refractivity contribution in [2.24, 2.45) is 4.99 Å². The lowest BCUT2D eigenvalue weighted by Gasteiger charge is -2.06. The van der Waals surface area contributed by atoms with Gasteiger partial charge in [-0.15, -0.1) is 0 Å². The molecule has 0 fully saturated rings. The molecule has 0 saturated carbocycles. The molecule has 0 aromatic heterocycles. The number of nitrogens with zero attached hydrogens (tertiary/aromatic N) is 1. The van der Waals surface area contributed by atoms with Crippen LogP contribution in [0.25, 0.3) is 0 Å². The number of ether oxygens (including phenoxy) is 1. The number of hydrogen-bond acceptors (Lipinski definition) is 2. The molecule has 2 aromatic carbocycles. The van der Waals surface area contributed by atoms with Gasteiger partial charge in [0, 0.05) is 6.21 Å². The zero-order valence-electron chi connectivity index (χ0n) is 12.3. The van der Waals surface area contributed by atoms with E-state index in [1.807, 2.05) is 30.5 Å². The van der Waals surface area contributed by atoms with Gasteiger partial charge in [-0.3, -0.25) is 4.99 Å². The zero-order valence-corrected chi connectivity index (χ0v) is 13.9. The molecular formula is C18H18BrNO. The van der Waals surface area contributed by atoms with E-state index in [2.05, 4.69) is 53.5 Å². The van der Waals surface area contributed by atoms with Crippen LogP contribution < -0.4 is 4.74 Å². The van der Waals surface area contributed by atoms with Crippen molar-refractivity contribution in [1.29, 1.82) is 0 Å². The van der Waals surface area contributed by atoms with E-state index in [1.54, 1.807) is 6.08 Å². The molecule has 2 rings (SSSR count). The van der Waals surface area contributed by atoms with Gasteiger partial charge in [0.2, 0.25) is 0 Å². The fraction of sp³-hybridized carbons (Fsp3) is 0.167. The average molecular weight is 344 g/mol. The van der Waals surface area contributed by atoms with Crippen LogP contribution in [-0.2, 0) is 0 Å². The first-order valence-corrected chi connectivity index (χ1v) is 7.54. The van der Waals surface area contributed by atoms with Crippen molar-refractivity contribution in [2.75, 3.05) is 6.61 Å². The van der Waals surface area contributed by atoms with Crippen molar-refractivity contribution in [3.05, 3.63) is 70.2 Å². The smallest absolute Gasteiger partial charge is 0.133 e. The lowest BCUT2D eigenvalue weighted by Crippen LogP contribution is -1.94. The SMILES string of the molecule is C=CCOc1ccc(C=Nc2ccc(C)c(C)c2)cc1Br. The van der Waals surface area contributed by atoms with E-state index >= 15 is 0 Å². The highest BCUT2D eigenvalue weighted by Gasteiger charge is 2.01. The van der Waals surface area contributed by atoms with Crippen molar-refractivity contribution in [2.45, 2.75) is 13.8 Å². The van der Waals surface area contributed by atoms with Gasteiger partial charge in [0.1, 0.15) is 12.4 Å². The summed E-state index contributed by atoms with van der Waals surface area (Å²) in [5.41, 5.74) is 4.51. The van der Waals surface area contributed by atoms with Crippen LogP contribution in [0.3, 0.4) is 0 Å². The summed E-state index contributed by atoms with van der Waals surface area (Å²) in [6.07, 6.45) is 3.58. The number of benzene rings is 2. The Hall–Kier alpha value is -1.87. The molecule has 3 heteroatoms. The van der Waals surface area contributed by atoms with Crippen LogP contribution >= 0.6 is 15.9 Å². The van der Waals surface area contributed by atoms with Crippen molar-refractivity contribution in [3.63, 3.8) is 0 Å². The van der Waals surface area contributed by atoms with E-state index in [0.717, 1.165) is 21.5 Å². The largest absolute Gasteiger partial charge is 0.488 e. The summed E-state index contributed by atoms with van der Waals surface area (Å²) in [4.78, 5) is 4.51. The molecule has 0 amide bonds. The highest BCUT2D eigenvalue weighted by molar-refractivity contribution is 9.10. The Morgan fingerprint density at radius 2 is 1.95 bits per heavy atom. The quantitative estimate of drug-likeness (QED) is 0.527. The standard InChI is InChI=1S/C18H18BrNO/c1-4-9-21-18-8-6-15(11-17(18)19)12-20-16-7-5-13(2)14(3)10-16/h4-8,10-12H,1,9H2,2-3H3. The molecule has 21 heavy (non-hydrogen) atoms. The van der Waals surface area contributed by atoms with Gasteiger partial charge in [0.15, 0.2) is 0 Å². The lowest BCUT2D eigenvalue weighted by molar-refractivity contribution is 0.361. The summed E-state index contributed by atoms with van der Waals surface area (Å²) in [6.45, 7) is 8.33. The Bertz CT molecular complexity index is 677. The topological polar surface area (TPSA) is 21.6 Å². The summed E-state index contributed by atoms with van der Waals surface area (Å²) in [7, 11) is 0. The Labute approximate surface area is 134 Å².